The van der Waals surface area contributed by atoms with E-state index >= 15 is 0 Å². The number of aromatic hydroxyl groups is 1. The van der Waals surface area contributed by atoms with Crippen LogP contribution in [0.1, 0.15) is 37.3 Å². The number of phenols is 1. The van der Waals surface area contributed by atoms with Gasteiger partial charge in [-0.1, -0.05) is 42.5 Å². The Kier molecular flexibility index (Phi) is 6.57. The van der Waals surface area contributed by atoms with Gasteiger partial charge in [0.2, 0.25) is 0 Å². The first-order valence-electron chi connectivity index (χ1n) is 6.97. The molecule has 0 fully saturated rings. The highest BCUT2D eigenvalue weighted by molar-refractivity contribution is 6.33. The lowest BCUT2D eigenvalue weighted by molar-refractivity contribution is 0.405. The largest absolute Gasteiger partial charge is 0.506 e. The van der Waals surface area contributed by atoms with Gasteiger partial charge in [-0.2, -0.15) is 0 Å². The maximum Gasteiger partial charge on any atom is 0.145 e. The Bertz CT molecular complexity index is 571. The van der Waals surface area contributed by atoms with Crippen molar-refractivity contribution < 1.29 is 9.84 Å². The van der Waals surface area contributed by atoms with E-state index in [1.54, 1.807) is 7.11 Å². The number of aryl methyl sites for hydroxylation is 1. The van der Waals surface area contributed by atoms with Crippen LogP contribution in [0.25, 0.3) is 5.57 Å². The van der Waals surface area contributed by atoms with Gasteiger partial charge in [0.15, 0.2) is 0 Å². The predicted molar refractivity (Wildman–Crippen MR) is 91.2 cm³/mol. The molecule has 0 aliphatic rings. The number of hydrogen-bond acceptors (Lipinski definition) is 2. The van der Waals surface area contributed by atoms with Gasteiger partial charge in [-0.05, 0) is 50.3 Å². The van der Waals surface area contributed by atoms with Crippen LogP contribution < -0.4 is 4.74 Å². The first-order chi connectivity index (χ1) is 9.92. The minimum absolute atomic E-state index is 0.0470. The van der Waals surface area contributed by atoms with Crippen LogP contribution in [-0.4, -0.2) is 12.2 Å². The predicted octanol–water partition coefficient (Wildman–Crippen LogP) is 5.68. The molecule has 0 atom stereocenters. The number of ether oxygens (including phenoxy) is 1. The van der Waals surface area contributed by atoms with E-state index in [-0.39, 0.29) is 5.75 Å². The zero-order chi connectivity index (χ0) is 16.0. The summed E-state index contributed by atoms with van der Waals surface area (Å²) in [5.41, 5.74) is 3.29. The van der Waals surface area contributed by atoms with E-state index in [4.69, 9.17) is 16.3 Å². The van der Waals surface area contributed by atoms with E-state index in [0.717, 1.165) is 36.0 Å². The summed E-state index contributed by atoms with van der Waals surface area (Å²) in [5, 5.41) is 10.6. The highest BCUT2D eigenvalue weighted by Crippen LogP contribution is 2.42. The second-order valence-corrected chi connectivity index (χ2v) is 5.43. The second kappa shape index (κ2) is 7.94. The second-order valence-electron chi connectivity index (χ2n) is 5.05. The molecule has 1 aromatic rings. The molecule has 0 saturated heterocycles. The SMILES string of the molecule is C=C(/C=C/C)CCCC(=C)c1c(OC)cc(C)c(Cl)c1O. The third kappa shape index (κ3) is 4.40. The van der Waals surface area contributed by atoms with Gasteiger partial charge in [0.05, 0.1) is 17.7 Å². The number of hydrogen-bond donors (Lipinski definition) is 1. The lowest BCUT2D eigenvalue weighted by Gasteiger charge is -2.15. The van der Waals surface area contributed by atoms with E-state index in [1.165, 1.54) is 0 Å². The Morgan fingerprint density at radius 1 is 1.38 bits per heavy atom. The van der Waals surface area contributed by atoms with Crippen LogP contribution in [0.4, 0.5) is 0 Å². The zero-order valence-electron chi connectivity index (χ0n) is 13.0. The Balaban J connectivity index is 2.88. The Morgan fingerprint density at radius 3 is 2.62 bits per heavy atom. The number of rotatable bonds is 7. The molecule has 0 aliphatic carbocycles. The quantitative estimate of drug-likeness (QED) is 0.657. The van der Waals surface area contributed by atoms with E-state index < -0.39 is 0 Å². The van der Waals surface area contributed by atoms with Crippen molar-refractivity contribution in [1.29, 1.82) is 0 Å². The average Bonchev–Trinajstić information content (AvgIpc) is 2.44. The van der Waals surface area contributed by atoms with Crippen LogP contribution in [0.5, 0.6) is 11.5 Å². The van der Waals surface area contributed by atoms with Crippen molar-refractivity contribution >= 4 is 17.2 Å². The van der Waals surface area contributed by atoms with E-state index in [0.29, 0.717) is 16.3 Å². The van der Waals surface area contributed by atoms with Crippen molar-refractivity contribution in [2.45, 2.75) is 33.1 Å². The van der Waals surface area contributed by atoms with Gasteiger partial charge >= 0.3 is 0 Å². The van der Waals surface area contributed by atoms with Crippen LogP contribution in [0.15, 0.2) is 36.9 Å². The van der Waals surface area contributed by atoms with Gasteiger partial charge in [0, 0.05) is 0 Å². The Hall–Kier alpha value is -1.67. The number of benzene rings is 1. The average molecular weight is 307 g/mol. The third-order valence-corrected chi connectivity index (χ3v) is 3.81. The van der Waals surface area contributed by atoms with Crippen LogP contribution in [-0.2, 0) is 0 Å². The fraction of sp³-hybridized carbons (Fsp3) is 0.333. The fourth-order valence-electron chi connectivity index (χ4n) is 2.22. The van der Waals surface area contributed by atoms with Crippen LogP contribution in [0.3, 0.4) is 0 Å². The first kappa shape index (κ1) is 17.4. The monoisotopic (exact) mass is 306 g/mol. The van der Waals surface area contributed by atoms with Gasteiger partial charge in [-0.15, -0.1) is 0 Å². The molecule has 0 spiro atoms. The molecule has 0 aromatic heterocycles. The maximum absolute atomic E-state index is 10.3. The molecule has 0 saturated carbocycles. The molecule has 1 rings (SSSR count). The van der Waals surface area contributed by atoms with Gasteiger partial charge < -0.3 is 9.84 Å². The van der Waals surface area contributed by atoms with Crippen LogP contribution in [0, 0.1) is 6.92 Å². The fourth-order valence-corrected chi connectivity index (χ4v) is 2.37. The molecule has 0 bridgehead atoms. The zero-order valence-corrected chi connectivity index (χ0v) is 13.8. The van der Waals surface area contributed by atoms with Gasteiger partial charge in [-0.25, -0.2) is 0 Å². The standard InChI is InChI=1S/C18H23ClO2/c1-6-8-12(2)9-7-10-13(3)16-15(21-5)11-14(4)17(19)18(16)20/h6,8,11,20H,2-3,7,9-10H2,1,4-5H3/b8-6+. The van der Waals surface area contributed by atoms with Crippen molar-refractivity contribution in [3.63, 3.8) is 0 Å². The highest BCUT2D eigenvalue weighted by atomic mass is 35.5. The van der Waals surface area contributed by atoms with Gasteiger partial charge in [0.25, 0.3) is 0 Å². The summed E-state index contributed by atoms with van der Waals surface area (Å²) in [7, 11) is 1.58. The highest BCUT2D eigenvalue weighted by Gasteiger charge is 2.17. The van der Waals surface area contributed by atoms with Crippen LogP contribution in [0.2, 0.25) is 5.02 Å². The molecule has 21 heavy (non-hydrogen) atoms. The van der Waals surface area contributed by atoms with E-state index in [1.807, 2.05) is 32.1 Å². The lowest BCUT2D eigenvalue weighted by Crippen LogP contribution is -1.95. The number of allylic oxidation sites excluding steroid dienone is 4. The Morgan fingerprint density at radius 2 is 2.05 bits per heavy atom. The first-order valence-corrected chi connectivity index (χ1v) is 7.34. The molecule has 1 aromatic carbocycles. The molecule has 1 N–H and O–H groups in total. The molecular weight excluding hydrogens is 284 g/mol. The van der Waals surface area contributed by atoms with Gasteiger partial charge in [-0.3, -0.25) is 0 Å². The third-order valence-electron chi connectivity index (χ3n) is 3.34. The summed E-state index contributed by atoms with van der Waals surface area (Å²) in [6, 6.07) is 1.82. The Labute approximate surface area is 132 Å². The number of phenolic OH excluding ortho intramolecular Hbond substituents is 1. The van der Waals surface area contributed by atoms with Crippen molar-refractivity contribution in [3.05, 3.63) is 53.1 Å². The summed E-state index contributed by atoms with van der Waals surface area (Å²) in [6.07, 6.45) is 6.54. The lowest BCUT2D eigenvalue weighted by atomic mass is 9.97. The normalized spacial score (nSPS) is 10.9. The molecule has 0 aliphatic heterocycles. The summed E-state index contributed by atoms with van der Waals surface area (Å²) in [4.78, 5) is 0. The topological polar surface area (TPSA) is 29.5 Å². The van der Waals surface area contributed by atoms with Crippen LogP contribution >= 0.6 is 11.6 Å². The molecule has 0 unspecified atom stereocenters. The van der Waals surface area contributed by atoms with Crippen molar-refractivity contribution in [2.75, 3.05) is 7.11 Å². The molecule has 114 valence electrons. The minimum atomic E-state index is 0.0470. The molecule has 2 nitrogen and oxygen atoms in total. The van der Waals surface area contributed by atoms with E-state index in [9.17, 15) is 5.11 Å². The van der Waals surface area contributed by atoms with Crippen molar-refractivity contribution in [2.24, 2.45) is 0 Å². The molecule has 0 amide bonds. The summed E-state index contributed by atoms with van der Waals surface area (Å²) in [6.45, 7) is 11.8. The molecule has 0 radical (unpaired) electrons. The maximum atomic E-state index is 10.3. The number of methoxy groups -OCH3 is 1. The summed E-state index contributed by atoms with van der Waals surface area (Å²) >= 11 is 6.11. The van der Waals surface area contributed by atoms with Crippen molar-refractivity contribution in [3.8, 4) is 11.5 Å². The summed E-state index contributed by atoms with van der Waals surface area (Å²) in [5.74, 6) is 0.650. The van der Waals surface area contributed by atoms with Crippen molar-refractivity contribution in [1.82, 2.24) is 0 Å². The smallest absolute Gasteiger partial charge is 0.145 e. The molecular formula is C18H23ClO2. The van der Waals surface area contributed by atoms with E-state index in [2.05, 4.69) is 13.2 Å². The molecule has 3 heteroatoms. The minimum Gasteiger partial charge on any atom is -0.506 e. The number of halogens is 1. The molecule has 0 heterocycles. The summed E-state index contributed by atoms with van der Waals surface area (Å²) < 4.78 is 5.34. The van der Waals surface area contributed by atoms with Gasteiger partial charge in [0.1, 0.15) is 11.5 Å².